The van der Waals surface area contributed by atoms with Crippen LogP contribution in [0.25, 0.3) is 10.9 Å². The third-order valence-corrected chi connectivity index (χ3v) is 3.76. The van der Waals surface area contributed by atoms with Crippen LogP contribution < -0.4 is 5.43 Å². The van der Waals surface area contributed by atoms with Crippen molar-refractivity contribution in [2.75, 3.05) is 0 Å². The Labute approximate surface area is 113 Å². The van der Waals surface area contributed by atoms with Gasteiger partial charge in [-0.15, -0.1) is 0 Å². The summed E-state index contributed by atoms with van der Waals surface area (Å²) in [5, 5.41) is 0.149. The summed E-state index contributed by atoms with van der Waals surface area (Å²) < 4.78 is 14.5. The minimum Gasteiger partial charge on any atom is -0.358 e. The number of hydrogen-bond donors (Lipinski definition) is 1. The number of halogens is 2. The normalized spacial score (nSPS) is 11.5. The Hall–Kier alpha value is -1.16. The molecule has 0 saturated carbocycles. The first-order chi connectivity index (χ1) is 8.34. The number of hydrogen-bond acceptors (Lipinski definition) is 1. The fourth-order valence-corrected chi connectivity index (χ4v) is 2.92. The van der Waals surface area contributed by atoms with E-state index in [1.807, 2.05) is 27.7 Å². The van der Waals surface area contributed by atoms with Gasteiger partial charge in [-0.25, -0.2) is 4.39 Å². The smallest absolute Gasteiger partial charge is 0.196 e. The molecule has 96 valence electrons. The zero-order valence-electron chi connectivity index (χ0n) is 10.8. The van der Waals surface area contributed by atoms with Crippen molar-refractivity contribution in [2.45, 2.75) is 33.6 Å². The lowest BCUT2D eigenvalue weighted by Crippen LogP contribution is -2.16. The number of aromatic amines is 1. The summed E-state index contributed by atoms with van der Waals surface area (Å²) in [5.74, 6) is -0.421. The zero-order chi connectivity index (χ0) is 13.6. The number of H-pyrrole nitrogens is 1. The molecule has 1 aromatic heterocycles. The van der Waals surface area contributed by atoms with E-state index in [9.17, 15) is 9.18 Å². The van der Waals surface area contributed by atoms with Crippen molar-refractivity contribution in [2.24, 2.45) is 0 Å². The molecule has 0 aliphatic heterocycles. The molecular weight excluding hydrogens is 297 g/mol. The largest absolute Gasteiger partial charge is 0.358 e. The lowest BCUT2D eigenvalue weighted by atomic mass is 9.98. The molecular formula is C14H15BrFNO. The molecule has 1 aromatic carbocycles. The second-order valence-corrected chi connectivity index (χ2v) is 5.74. The first-order valence-electron chi connectivity index (χ1n) is 5.85. The molecule has 0 aliphatic rings. The van der Waals surface area contributed by atoms with Crippen LogP contribution in [0.3, 0.4) is 0 Å². The van der Waals surface area contributed by atoms with Crippen molar-refractivity contribution in [3.8, 4) is 0 Å². The van der Waals surface area contributed by atoms with Gasteiger partial charge < -0.3 is 4.98 Å². The number of pyridine rings is 1. The Balaban J connectivity index is 3.07. The van der Waals surface area contributed by atoms with Gasteiger partial charge in [-0.3, -0.25) is 4.79 Å². The topological polar surface area (TPSA) is 32.9 Å². The van der Waals surface area contributed by atoms with Crippen LogP contribution in [0.15, 0.2) is 15.3 Å². The fraction of sp³-hybridized carbons (Fsp3) is 0.357. The van der Waals surface area contributed by atoms with Gasteiger partial charge in [0.05, 0.1) is 15.4 Å². The molecule has 4 heteroatoms. The van der Waals surface area contributed by atoms with Crippen molar-refractivity contribution in [1.82, 2.24) is 4.98 Å². The average molecular weight is 312 g/mol. The number of aromatic nitrogens is 1. The Morgan fingerprint density at radius 1 is 1.33 bits per heavy atom. The lowest BCUT2D eigenvalue weighted by molar-refractivity contribution is 0.631. The standard InChI is InChI=1S/C14H15BrFNO/c1-6(2)10-8(4)17-13-7(3)5-9(15)12(16)11(13)14(10)18/h5-6H,1-4H3,(H,17,18). The van der Waals surface area contributed by atoms with Gasteiger partial charge in [0.25, 0.3) is 0 Å². The third-order valence-electron chi connectivity index (χ3n) is 3.18. The van der Waals surface area contributed by atoms with Crippen molar-refractivity contribution in [1.29, 1.82) is 0 Å². The highest BCUT2D eigenvalue weighted by molar-refractivity contribution is 9.10. The maximum absolute atomic E-state index is 14.1. The molecule has 0 aliphatic carbocycles. The minimum atomic E-state index is -0.487. The van der Waals surface area contributed by atoms with Gasteiger partial charge in [0.1, 0.15) is 0 Å². The molecule has 18 heavy (non-hydrogen) atoms. The highest BCUT2D eigenvalue weighted by Gasteiger charge is 2.18. The Bertz CT molecular complexity index is 688. The third kappa shape index (κ3) is 1.88. The van der Waals surface area contributed by atoms with Crippen LogP contribution >= 0.6 is 15.9 Å². The predicted octanol–water partition coefficient (Wildman–Crippen LogP) is 4.17. The molecule has 1 N–H and O–H groups in total. The SMILES string of the molecule is Cc1[nH]c2c(C)cc(Br)c(F)c2c(=O)c1C(C)C. The average Bonchev–Trinajstić information content (AvgIpc) is 2.25. The van der Waals surface area contributed by atoms with Gasteiger partial charge in [0, 0.05) is 11.3 Å². The Morgan fingerprint density at radius 3 is 2.50 bits per heavy atom. The van der Waals surface area contributed by atoms with E-state index < -0.39 is 5.82 Å². The van der Waals surface area contributed by atoms with E-state index in [2.05, 4.69) is 20.9 Å². The van der Waals surface area contributed by atoms with Gasteiger partial charge in [0.2, 0.25) is 0 Å². The van der Waals surface area contributed by atoms with Crippen molar-refractivity contribution < 1.29 is 4.39 Å². The van der Waals surface area contributed by atoms with Gasteiger partial charge >= 0.3 is 0 Å². The fourth-order valence-electron chi connectivity index (χ4n) is 2.38. The monoisotopic (exact) mass is 311 g/mol. The first kappa shape index (κ1) is 13.3. The number of fused-ring (bicyclic) bond motifs is 1. The molecule has 1 heterocycles. The first-order valence-corrected chi connectivity index (χ1v) is 6.65. The number of nitrogens with one attached hydrogen (secondary N) is 1. The zero-order valence-corrected chi connectivity index (χ0v) is 12.4. The van der Waals surface area contributed by atoms with Crippen LogP contribution in [0.4, 0.5) is 4.39 Å². The van der Waals surface area contributed by atoms with Gasteiger partial charge in [-0.2, -0.15) is 0 Å². The molecule has 0 unspecified atom stereocenters. The molecule has 2 aromatic rings. The predicted molar refractivity (Wildman–Crippen MR) is 75.8 cm³/mol. The molecule has 2 nitrogen and oxygen atoms in total. The highest BCUT2D eigenvalue weighted by Crippen LogP contribution is 2.27. The molecule has 2 rings (SSSR count). The highest BCUT2D eigenvalue weighted by atomic mass is 79.9. The van der Waals surface area contributed by atoms with Crippen molar-refractivity contribution in [3.05, 3.63) is 43.4 Å². The molecule has 0 saturated heterocycles. The summed E-state index contributed by atoms with van der Waals surface area (Å²) >= 11 is 3.15. The molecule has 0 spiro atoms. The summed E-state index contributed by atoms with van der Waals surface area (Å²) in [6.45, 7) is 7.59. The molecule has 0 radical (unpaired) electrons. The van der Waals surface area contributed by atoms with Crippen LogP contribution in [-0.4, -0.2) is 4.98 Å². The van der Waals surface area contributed by atoms with E-state index in [-0.39, 0.29) is 16.7 Å². The lowest BCUT2D eigenvalue weighted by Gasteiger charge is -2.13. The van der Waals surface area contributed by atoms with E-state index in [1.54, 1.807) is 6.07 Å². The summed E-state index contributed by atoms with van der Waals surface area (Å²) in [4.78, 5) is 15.6. The van der Waals surface area contributed by atoms with E-state index in [4.69, 9.17) is 0 Å². The van der Waals surface area contributed by atoms with Gasteiger partial charge in [-0.1, -0.05) is 13.8 Å². The van der Waals surface area contributed by atoms with E-state index in [0.29, 0.717) is 15.6 Å². The molecule has 0 amide bonds. The Kier molecular flexibility index (Phi) is 3.32. The summed E-state index contributed by atoms with van der Waals surface area (Å²) in [6, 6.07) is 1.68. The van der Waals surface area contributed by atoms with Crippen molar-refractivity contribution >= 4 is 26.8 Å². The quantitative estimate of drug-likeness (QED) is 0.842. The van der Waals surface area contributed by atoms with Crippen LogP contribution in [-0.2, 0) is 0 Å². The second-order valence-electron chi connectivity index (χ2n) is 4.89. The van der Waals surface area contributed by atoms with Crippen LogP contribution in [0.2, 0.25) is 0 Å². The summed E-state index contributed by atoms with van der Waals surface area (Å²) in [5.41, 5.74) is 2.70. The maximum atomic E-state index is 14.1. The number of aryl methyl sites for hydroxylation is 2. The summed E-state index contributed by atoms with van der Waals surface area (Å²) in [6.07, 6.45) is 0. The molecule has 0 bridgehead atoms. The summed E-state index contributed by atoms with van der Waals surface area (Å²) in [7, 11) is 0. The van der Waals surface area contributed by atoms with Crippen LogP contribution in [0, 0.1) is 19.7 Å². The van der Waals surface area contributed by atoms with Gasteiger partial charge in [0.15, 0.2) is 11.2 Å². The maximum Gasteiger partial charge on any atom is 0.196 e. The van der Waals surface area contributed by atoms with E-state index in [0.717, 1.165) is 11.3 Å². The van der Waals surface area contributed by atoms with E-state index >= 15 is 0 Å². The van der Waals surface area contributed by atoms with Crippen LogP contribution in [0.5, 0.6) is 0 Å². The number of rotatable bonds is 1. The van der Waals surface area contributed by atoms with Crippen molar-refractivity contribution in [3.63, 3.8) is 0 Å². The molecule has 0 atom stereocenters. The van der Waals surface area contributed by atoms with E-state index in [1.165, 1.54) is 0 Å². The van der Waals surface area contributed by atoms with Crippen LogP contribution in [0.1, 0.15) is 36.6 Å². The van der Waals surface area contributed by atoms with Gasteiger partial charge in [-0.05, 0) is 47.3 Å². The minimum absolute atomic E-state index is 0.0665. The second kappa shape index (κ2) is 4.50. The number of benzene rings is 1. The molecule has 0 fully saturated rings. The Morgan fingerprint density at radius 2 is 1.94 bits per heavy atom.